The van der Waals surface area contributed by atoms with E-state index in [-0.39, 0.29) is 19.2 Å². The Labute approximate surface area is 131 Å². The number of sulfone groups is 1. The maximum atomic E-state index is 12.5. The van der Waals surface area contributed by atoms with Crippen LogP contribution in [-0.4, -0.2) is 16.8 Å². The first-order chi connectivity index (χ1) is 9.62. The van der Waals surface area contributed by atoms with Gasteiger partial charge in [-0.15, -0.1) is 0 Å². The van der Waals surface area contributed by atoms with Gasteiger partial charge in [-0.05, 0) is 53.2 Å². The number of nitrogens with two attached hydrogens (primary N) is 1. The number of sulfonamides is 1. The molecule has 0 atom stereocenters. The molecule has 0 fully saturated rings. The van der Waals surface area contributed by atoms with Crippen LogP contribution in [0.2, 0.25) is 0 Å². The monoisotopic (exact) mass is 389 g/mol. The van der Waals surface area contributed by atoms with Crippen molar-refractivity contribution in [3.05, 3.63) is 52.5 Å². The lowest BCUT2D eigenvalue weighted by Gasteiger charge is -2.08. The zero-order valence-electron chi connectivity index (χ0n) is 10.9. The Morgan fingerprint density at radius 1 is 0.905 bits per heavy atom. The van der Waals surface area contributed by atoms with Crippen LogP contribution in [0.1, 0.15) is 5.56 Å². The number of rotatable bonds is 3. The standard InChI is InChI=1S/C13H12BrNO4S2/c1-9-2-4-10(5-3-9)20(16,17)13-7-6-11(8-12(13)14)21(15,18)19/h2-8H,1H3,(H2,15,18,19). The van der Waals surface area contributed by atoms with Gasteiger partial charge < -0.3 is 0 Å². The number of hydrogen-bond donors (Lipinski definition) is 1. The maximum Gasteiger partial charge on any atom is 0.238 e. The molecule has 0 saturated heterocycles. The number of benzene rings is 2. The van der Waals surface area contributed by atoms with E-state index in [9.17, 15) is 16.8 Å². The van der Waals surface area contributed by atoms with Gasteiger partial charge in [0.1, 0.15) is 0 Å². The van der Waals surface area contributed by atoms with Crippen molar-refractivity contribution in [2.45, 2.75) is 21.6 Å². The number of hydrogen-bond acceptors (Lipinski definition) is 4. The van der Waals surface area contributed by atoms with Crippen LogP contribution in [-0.2, 0) is 19.9 Å². The normalized spacial score (nSPS) is 12.3. The van der Waals surface area contributed by atoms with E-state index in [0.29, 0.717) is 0 Å². The van der Waals surface area contributed by atoms with E-state index < -0.39 is 19.9 Å². The van der Waals surface area contributed by atoms with Crippen LogP contribution in [0.4, 0.5) is 0 Å². The van der Waals surface area contributed by atoms with Crippen molar-refractivity contribution in [2.75, 3.05) is 0 Å². The fourth-order valence-corrected chi connectivity index (χ4v) is 4.74. The molecule has 0 bridgehead atoms. The highest BCUT2D eigenvalue weighted by Gasteiger charge is 2.22. The summed E-state index contributed by atoms with van der Waals surface area (Å²) >= 11 is 3.09. The minimum atomic E-state index is -3.88. The van der Waals surface area contributed by atoms with Gasteiger partial charge in [0.05, 0.1) is 14.7 Å². The van der Waals surface area contributed by atoms with Crippen LogP contribution >= 0.6 is 15.9 Å². The minimum absolute atomic E-state index is 0.0150. The van der Waals surface area contributed by atoms with E-state index in [1.807, 2.05) is 6.92 Å². The third-order valence-corrected chi connectivity index (χ3v) is 6.51. The van der Waals surface area contributed by atoms with Crippen LogP contribution in [0.25, 0.3) is 0 Å². The Bertz CT molecular complexity index is 888. The van der Waals surface area contributed by atoms with Crippen LogP contribution < -0.4 is 5.14 Å². The van der Waals surface area contributed by atoms with Crippen molar-refractivity contribution in [3.8, 4) is 0 Å². The topological polar surface area (TPSA) is 94.3 Å². The quantitative estimate of drug-likeness (QED) is 0.870. The lowest BCUT2D eigenvalue weighted by atomic mass is 10.2. The molecule has 0 aromatic heterocycles. The molecule has 8 heteroatoms. The fraction of sp³-hybridized carbons (Fsp3) is 0.0769. The molecule has 2 rings (SSSR count). The van der Waals surface area contributed by atoms with E-state index in [4.69, 9.17) is 5.14 Å². The zero-order valence-corrected chi connectivity index (χ0v) is 14.2. The van der Waals surface area contributed by atoms with Gasteiger partial charge in [-0.25, -0.2) is 22.0 Å². The van der Waals surface area contributed by atoms with Crippen LogP contribution in [0, 0.1) is 6.92 Å². The van der Waals surface area contributed by atoms with Crippen LogP contribution in [0.3, 0.4) is 0 Å². The predicted octanol–water partition coefficient (Wildman–Crippen LogP) is 2.24. The molecular formula is C13H12BrNO4S2. The average molecular weight is 390 g/mol. The Morgan fingerprint density at radius 3 is 1.90 bits per heavy atom. The molecule has 5 nitrogen and oxygen atoms in total. The summed E-state index contributed by atoms with van der Waals surface area (Å²) in [5.74, 6) is 0. The molecule has 0 saturated carbocycles. The summed E-state index contributed by atoms with van der Waals surface area (Å²) in [4.78, 5) is -0.0341. The second-order valence-corrected chi connectivity index (χ2v) is 8.79. The van der Waals surface area contributed by atoms with Crippen molar-refractivity contribution >= 4 is 35.8 Å². The molecule has 0 heterocycles. The Morgan fingerprint density at radius 2 is 1.43 bits per heavy atom. The number of primary sulfonamides is 1. The largest absolute Gasteiger partial charge is 0.238 e. The Balaban J connectivity index is 2.58. The molecule has 0 aliphatic rings. The molecule has 0 aliphatic carbocycles. The van der Waals surface area contributed by atoms with E-state index in [0.717, 1.165) is 5.56 Å². The first-order valence-electron chi connectivity index (χ1n) is 5.76. The highest BCUT2D eigenvalue weighted by molar-refractivity contribution is 9.10. The molecular weight excluding hydrogens is 378 g/mol. The summed E-state index contributed by atoms with van der Waals surface area (Å²) in [5, 5.41) is 5.01. The molecule has 2 N–H and O–H groups in total. The molecule has 112 valence electrons. The van der Waals surface area contributed by atoms with Gasteiger partial charge in [0.15, 0.2) is 0 Å². The first kappa shape index (κ1) is 16.2. The summed E-state index contributed by atoms with van der Waals surface area (Å²) in [6, 6.07) is 9.96. The zero-order chi connectivity index (χ0) is 15.8. The second-order valence-electron chi connectivity index (χ2n) is 4.45. The number of halogens is 1. The lowest BCUT2D eigenvalue weighted by Crippen LogP contribution is -2.12. The lowest BCUT2D eigenvalue weighted by molar-refractivity contribution is 0.592. The van der Waals surface area contributed by atoms with Crippen LogP contribution in [0.15, 0.2) is 61.6 Å². The van der Waals surface area contributed by atoms with Gasteiger partial charge in [-0.2, -0.15) is 0 Å². The number of aryl methyl sites for hydroxylation is 1. The van der Waals surface area contributed by atoms with Crippen LogP contribution in [0.5, 0.6) is 0 Å². The highest BCUT2D eigenvalue weighted by atomic mass is 79.9. The minimum Gasteiger partial charge on any atom is -0.225 e. The predicted molar refractivity (Wildman–Crippen MR) is 82.1 cm³/mol. The molecule has 0 amide bonds. The summed E-state index contributed by atoms with van der Waals surface area (Å²) in [6.07, 6.45) is 0. The van der Waals surface area contributed by atoms with E-state index in [1.54, 1.807) is 12.1 Å². The third-order valence-electron chi connectivity index (χ3n) is 2.85. The average Bonchev–Trinajstić information content (AvgIpc) is 2.37. The molecule has 2 aromatic carbocycles. The molecule has 21 heavy (non-hydrogen) atoms. The van der Waals surface area contributed by atoms with Gasteiger partial charge in [-0.3, -0.25) is 0 Å². The highest BCUT2D eigenvalue weighted by Crippen LogP contribution is 2.29. The maximum absolute atomic E-state index is 12.5. The molecule has 0 unspecified atom stereocenters. The Hall–Kier alpha value is -1.22. The van der Waals surface area contributed by atoms with E-state index in [1.165, 1.54) is 30.3 Å². The van der Waals surface area contributed by atoms with Gasteiger partial charge in [0.2, 0.25) is 19.9 Å². The molecule has 2 aromatic rings. The van der Waals surface area contributed by atoms with Crippen molar-refractivity contribution in [1.29, 1.82) is 0 Å². The summed E-state index contributed by atoms with van der Waals surface area (Å²) in [6.45, 7) is 1.85. The van der Waals surface area contributed by atoms with E-state index >= 15 is 0 Å². The smallest absolute Gasteiger partial charge is 0.225 e. The van der Waals surface area contributed by atoms with Gasteiger partial charge in [0.25, 0.3) is 0 Å². The van der Waals surface area contributed by atoms with Crippen molar-refractivity contribution in [3.63, 3.8) is 0 Å². The first-order valence-corrected chi connectivity index (χ1v) is 9.59. The van der Waals surface area contributed by atoms with Gasteiger partial charge in [0, 0.05) is 4.47 Å². The summed E-state index contributed by atoms with van der Waals surface area (Å²) in [5.41, 5.74) is 0.942. The van der Waals surface area contributed by atoms with Crippen molar-refractivity contribution < 1.29 is 16.8 Å². The van der Waals surface area contributed by atoms with Crippen molar-refractivity contribution in [1.82, 2.24) is 0 Å². The molecule has 0 aliphatic heterocycles. The molecule has 0 radical (unpaired) electrons. The van der Waals surface area contributed by atoms with E-state index in [2.05, 4.69) is 15.9 Å². The summed E-state index contributed by atoms with van der Waals surface area (Å²) < 4.78 is 47.7. The van der Waals surface area contributed by atoms with Crippen molar-refractivity contribution in [2.24, 2.45) is 5.14 Å². The molecule has 0 spiro atoms. The summed E-state index contributed by atoms with van der Waals surface area (Å²) in [7, 11) is -7.61. The SMILES string of the molecule is Cc1ccc(S(=O)(=O)c2ccc(S(N)(=O)=O)cc2Br)cc1. The van der Waals surface area contributed by atoms with Gasteiger partial charge >= 0.3 is 0 Å². The second kappa shape index (κ2) is 5.53. The third kappa shape index (κ3) is 3.34. The fourth-order valence-electron chi connectivity index (χ4n) is 1.72. The Kier molecular flexibility index (Phi) is 4.25. The van der Waals surface area contributed by atoms with Gasteiger partial charge in [-0.1, -0.05) is 17.7 Å².